The van der Waals surface area contributed by atoms with Gasteiger partial charge in [0.2, 0.25) is 35.4 Å². The zero-order valence-corrected chi connectivity index (χ0v) is 55.5. The van der Waals surface area contributed by atoms with E-state index in [1.54, 1.807) is 91.1 Å². The number of thiol groups is 2. The average molecular weight is 1400 g/mol. The van der Waals surface area contributed by atoms with Crippen molar-refractivity contribution in [2.75, 3.05) is 83.6 Å². The monoisotopic (exact) mass is 1400 g/mol. The number of H-pyrrole nitrogens is 1. The number of aliphatic hydroxyl groups excluding tert-OH is 3. The molecule has 32 nitrogen and oxygen atoms in total. The number of carboxylic acids is 4. The molecule has 4 aromatic rings. The van der Waals surface area contributed by atoms with Crippen molar-refractivity contribution < 1.29 is 93.3 Å². The molecule has 7 amide bonds. The Labute approximate surface area is 570 Å². The van der Waals surface area contributed by atoms with Gasteiger partial charge < -0.3 is 83.2 Å². The van der Waals surface area contributed by atoms with E-state index in [1.807, 2.05) is 0 Å². The highest BCUT2D eigenvalue weighted by Crippen LogP contribution is 2.20. The lowest BCUT2D eigenvalue weighted by Gasteiger charge is -2.36. The summed E-state index contributed by atoms with van der Waals surface area (Å²) in [6.07, 6.45) is -1.02. The molecule has 0 fully saturated rings. The lowest BCUT2D eigenvalue weighted by atomic mass is 10.0. The van der Waals surface area contributed by atoms with Crippen LogP contribution in [0.4, 0.5) is 0 Å². The highest BCUT2D eigenvalue weighted by Gasteiger charge is 2.39. The molecule has 97 heavy (non-hydrogen) atoms. The zero-order valence-electron chi connectivity index (χ0n) is 53.7. The van der Waals surface area contributed by atoms with Gasteiger partial charge >= 0.3 is 23.9 Å². The number of aldehydes is 1. The number of fused-ring (bicyclic) bond motifs is 1. The van der Waals surface area contributed by atoms with Crippen LogP contribution in [0.5, 0.6) is 0 Å². The van der Waals surface area contributed by atoms with Crippen LogP contribution < -0.4 is 43.1 Å². The molecule has 17 N–H and O–H groups in total. The third kappa shape index (κ3) is 28.2. The third-order valence-electron chi connectivity index (χ3n) is 15.3. The Kier molecular flexibility index (Phi) is 35.2. The fraction of sp³-hybridized carbons (Fsp3) is 0.492. The minimum atomic E-state index is -1.81. The van der Waals surface area contributed by atoms with Gasteiger partial charge in [-0.05, 0) is 62.4 Å². The average Bonchev–Trinajstić information content (AvgIpc) is 1.81. The molecular formula is C63H89N13O19S2. The normalized spacial score (nSPS) is 14.5. The van der Waals surface area contributed by atoms with Crippen molar-refractivity contribution in [3.05, 3.63) is 108 Å². The summed E-state index contributed by atoms with van der Waals surface area (Å²) in [7, 11) is 0. The number of hydrazine groups is 1. The van der Waals surface area contributed by atoms with Gasteiger partial charge in [-0.1, -0.05) is 78.9 Å². The fourth-order valence-electron chi connectivity index (χ4n) is 10.1. The Hall–Kier alpha value is -8.58. The van der Waals surface area contributed by atoms with Crippen molar-refractivity contribution in [1.82, 2.24) is 62.0 Å². The van der Waals surface area contributed by atoms with Gasteiger partial charge in [0.05, 0.1) is 57.6 Å². The van der Waals surface area contributed by atoms with Crippen LogP contribution >= 0.6 is 25.3 Å². The Morgan fingerprint density at radius 1 is 0.536 bits per heavy atom. The molecule has 0 aliphatic heterocycles. The van der Waals surface area contributed by atoms with Gasteiger partial charge in [0.1, 0.15) is 48.6 Å². The smallest absolute Gasteiger partial charge is 0.317 e. The maximum Gasteiger partial charge on any atom is 0.317 e. The predicted molar refractivity (Wildman–Crippen MR) is 358 cm³/mol. The van der Waals surface area contributed by atoms with Crippen molar-refractivity contribution in [1.29, 1.82) is 0 Å². The van der Waals surface area contributed by atoms with Crippen LogP contribution in [0.3, 0.4) is 0 Å². The summed E-state index contributed by atoms with van der Waals surface area (Å²) in [5, 5.41) is 86.5. The van der Waals surface area contributed by atoms with E-state index in [2.05, 4.69) is 67.6 Å². The summed E-state index contributed by atoms with van der Waals surface area (Å²) in [6, 6.07) is 12.0. The van der Waals surface area contributed by atoms with Gasteiger partial charge in [0.15, 0.2) is 0 Å². The van der Waals surface area contributed by atoms with Crippen molar-refractivity contribution in [3.8, 4) is 0 Å². The number of unbranched alkanes of at least 4 members (excludes halogenated alkanes) is 1. The second-order valence-corrected chi connectivity index (χ2v) is 23.8. The summed E-state index contributed by atoms with van der Waals surface area (Å²) in [5.74, 6) is -12.7. The second kappa shape index (κ2) is 42.2. The first-order valence-electron chi connectivity index (χ1n) is 31.1. The first-order chi connectivity index (χ1) is 46.2. The largest absolute Gasteiger partial charge is 0.480 e. The van der Waals surface area contributed by atoms with Crippen LogP contribution in [0, 0.1) is 0 Å². The summed E-state index contributed by atoms with van der Waals surface area (Å²) in [5.41, 5.74) is 10.7. The Morgan fingerprint density at radius 3 is 1.45 bits per heavy atom. The van der Waals surface area contributed by atoms with E-state index in [9.17, 15) is 93.3 Å². The molecule has 0 aliphatic rings. The molecule has 10 unspecified atom stereocenters. The number of carbonyl (C=O) groups excluding carboxylic acids is 8. The lowest BCUT2D eigenvalue weighted by molar-refractivity contribution is -0.148. The number of aliphatic hydroxyl groups is 3. The molecule has 0 aliphatic carbocycles. The van der Waals surface area contributed by atoms with Gasteiger partial charge in [0.25, 0.3) is 5.91 Å². The van der Waals surface area contributed by atoms with Gasteiger partial charge in [-0.2, -0.15) is 25.3 Å². The molecular weight excluding hydrogens is 1310 g/mol. The van der Waals surface area contributed by atoms with E-state index in [4.69, 9.17) is 5.73 Å². The minimum Gasteiger partial charge on any atom is -0.480 e. The van der Waals surface area contributed by atoms with E-state index in [1.165, 1.54) is 18.7 Å². The molecule has 10 atom stereocenters. The zero-order chi connectivity index (χ0) is 71.7. The number of aliphatic carboxylic acids is 4. The number of amides is 7. The van der Waals surface area contributed by atoms with Crippen molar-refractivity contribution >= 4 is 108 Å². The molecule has 1 aromatic heterocycles. The van der Waals surface area contributed by atoms with Crippen molar-refractivity contribution in [2.45, 2.75) is 113 Å². The number of aromatic amines is 1. The number of carbonyl (C=O) groups is 12. The molecule has 0 bridgehead atoms. The fourth-order valence-corrected chi connectivity index (χ4v) is 10.7. The summed E-state index contributed by atoms with van der Waals surface area (Å²) >= 11 is 8.54. The van der Waals surface area contributed by atoms with Crippen molar-refractivity contribution in [3.63, 3.8) is 0 Å². The van der Waals surface area contributed by atoms with Crippen molar-refractivity contribution in [2.24, 2.45) is 5.73 Å². The molecule has 34 heteroatoms. The Balaban J connectivity index is 1.66. The van der Waals surface area contributed by atoms with E-state index < -0.39 is 165 Å². The summed E-state index contributed by atoms with van der Waals surface area (Å²) < 4.78 is 0. The Bertz CT molecular complexity index is 3230. The highest BCUT2D eigenvalue weighted by atomic mass is 32.1. The molecule has 0 radical (unpaired) electrons. The number of para-hydroxylation sites is 1. The standard InChI is InChI=1S/C63H89N13O19S2/c1-38(79)50(35-78)72-76(43(34-77)36-96)63(95)57(39(2)80)71-58(90)46(19-11-12-20-64)67-61(93)49(27-42-28-65-45-18-10-9-17-44(42)45)69-60(92)48(26-41-15-7-4-8-16-41)68-62(94)51(37-97)70-59(91)47(25-40-13-5-3-6-14-40)66-52(81)29-74(31-54(84)85)23-21-73(30-53(82)83)22-24-75(32-55(86)87)33-56(88)89/h3-10,13-18,28,34,38-39,43,46-51,57,65,72,78-80,96-97H,11-12,19-27,29-33,35-37,64H2,1-2H3,(H,66,81)(H,67,93)(H,68,94)(H,69,92)(H,70,91)(H,71,90)(H,82,83)(H,84,85)(H,86,87)(H,88,89). The number of hydrogen-bond acceptors (Lipinski definition) is 22. The number of nitrogens with zero attached hydrogens (tertiary/aromatic N) is 4. The van der Waals surface area contributed by atoms with Crippen LogP contribution in [-0.2, 0) is 76.8 Å². The van der Waals surface area contributed by atoms with Crippen LogP contribution in [0.15, 0.2) is 91.1 Å². The molecule has 532 valence electrons. The highest BCUT2D eigenvalue weighted by molar-refractivity contribution is 7.80. The molecule has 0 saturated carbocycles. The first-order valence-corrected chi connectivity index (χ1v) is 32.4. The number of hydrogen-bond donors (Lipinski definition) is 18. The topological polar surface area (TPSA) is 485 Å². The minimum absolute atomic E-state index is 0.0932. The number of benzene rings is 3. The van der Waals surface area contributed by atoms with E-state index in [-0.39, 0.29) is 76.3 Å². The molecule has 1 heterocycles. The molecule has 0 saturated heterocycles. The SMILES string of the molecule is CC(O)C(CO)NN(C(=O)C(NC(=O)C(CCCCN)NC(=O)C(Cc1c[nH]c2ccccc12)NC(=O)C(Cc1ccccc1)NC(=O)C(CS)NC(=O)C(Cc1ccccc1)NC(=O)CN(CCN(CCN(CC(=O)O)CC(=O)O)CC(=O)O)CC(=O)O)C(C)O)C(C=O)CS. The predicted octanol–water partition coefficient (Wildman–Crippen LogP) is -3.64. The molecule has 3 aromatic carbocycles. The number of nitrogens with two attached hydrogens (primary N) is 1. The van der Waals surface area contributed by atoms with Gasteiger partial charge in [-0.25, -0.2) is 5.43 Å². The van der Waals surface area contributed by atoms with Crippen LogP contribution in [-0.4, -0.2) is 276 Å². The van der Waals surface area contributed by atoms with Crippen LogP contribution in [0.2, 0.25) is 0 Å². The number of nitrogens with one attached hydrogen (secondary N) is 8. The maximum absolute atomic E-state index is 15.0. The van der Waals surface area contributed by atoms with Gasteiger partial charge in [-0.3, -0.25) is 72.4 Å². The molecule has 4 rings (SSSR count). The van der Waals surface area contributed by atoms with Gasteiger partial charge in [-0.15, -0.1) is 0 Å². The van der Waals surface area contributed by atoms with Crippen LogP contribution in [0.25, 0.3) is 10.9 Å². The van der Waals surface area contributed by atoms with E-state index in [0.717, 1.165) is 14.8 Å². The number of aromatic nitrogens is 1. The quantitative estimate of drug-likeness (QED) is 0.00878. The number of carboxylic acid groups (broad SMARTS) is 4. The van der Waals surface area contributed by atoms with Crippen LogP contribution in [0.1, 0.15) is 49.8 Å². The summed E-state index contributed by atoms with van der Waals surface area (Å²) in [4.78, 5) is 167. The second-order valence-electron chi connectivity index (χ2n) is 23.0. The van der Waals surface area contributed by atoms with E-state index in [0.29, 0.717) is 40.3 Å². The molecule has 0 spiro atoms. The number of rotatable bonds is 47. The lowest BCUT2D eigenvalue weighted by Crippen LogP contribution is -2.65. The summed E-state index contributed by atoms with van der Waals surface area (Å²) in [6.45, 7) is -2.21. The first kappa shape index (κ1) is 80.9. The maximum atomic E-state index is 15.0. The van der Waals surface area contributed by atoms with E-state index >= 15 is 0 Å². The van der Waals surface area contributed by atoms with Gasteiger partial charge in [0, 0.05) is 74.0 Å². The Morgan fingerprint density at radius 2 is 0.979 bits per heavy atom. The third-order valence-corrected chi connectivity index (χ3v) is 16.0.